The van der Waals surface area contributed by atoms with Gasteiger partial charge in [-0.25, -0.2) is 0 Å². The van der Waals surface area contributed by atoms with Crippen LogP contribution >= 0.6 is 0 Å². The molecule has 4 nitrogen and oxygen atoms in total. The van der Waals surface area contributed by atoms with E-state index in [0.29, 0.717) is 12.8 Å². The zero-order valence-corrected chi connectivity index (χ0v) is 10.2. The molecular formula is C12H24O4. The summed E-state index contributed by atoms with van der Waals surface area (Å²) in [5, 5.41) is 27.8. The third kappa shape index (κ3) is 7.79. The second-order valence-corrected chi connectivity index (χ2v) is 4.45. The average Bonchev–Trinajstić information content (AvgIpc) is 2.21. The average molecular weight is 232 g/mol. The molecule has 0 fully saturated rings. The molecule has 0 amide bonds. The zero-order valence-electron chi connectivity index (χ0n) is 10.2. The van der Waals surface area contributed by atoms with Gasteiger partial charge in [-0.2, -0.15) is 0 Å². The van der Waals surface area contributed by atoms with Crippen LogP contribution in [0.3, 0.4) is 0 Å². The van der Waals surface area contributed by atoms with Crippen molar-refractivity contribution in [3.63, 3.8) is 0 Å². The van der Waals surface area contributed by atoms with Gasteiger partial charge in [-0.15, -0.1) is 0 Å². The van der Waals surface area contributed by atoms with Gasteiger partial charge in [0.25, 0.3) is 0 Å². The van der Waals surface area contributed by atoms with Gasteiger partial charge in [0.1, 0.15) is 11.9 Å². The molecule has 0 saturated heterocycles. The molecule has 0 aliphatic heterocycles. The Morgan fingerprint density at radius 3 is 2.12 bits per heavy atom. The Morgan fingerprint density at radius 2 is 1.62 bits per heavy atom. The maximum absolute atomic E-state index is 10.6. The van der Waals surface area contributed by atoms with Crippen LogP contribution in [-0.2, 0) is 4.79 Å². The third-order valence-corrected chi connectivity index (χ3v) is 2.67. The lowest BCUT2D eigenvalue weighted by Gasteiger charge is -2.19. The quantitative estimate of drug-likeness (QED) is 0.519. The number of ketones is 1. The number of hydrogen-bond donors (Lipinski definition) is 3. The first-order valence-corrected chi connectivity index (χ1v) is 5.98. The maximum Gasteiger partial charge on any atom is 0.129 e. The fraction of sp³-hybridized carbons (Fsp3) is 0.917. The molecule has 0 spiro atoms. The highest BCUT2D eigenvalue weighted by atomic mass is 16.4. The lowest BCUT2D eigenvalue weighted by molar-refractivity contribution is -0.117. The first-order chi connectivity index (χ1) is 7.45. The van der Waals surface area contributed by atoms with Crippen molar-refractivity contribution in [2.75, 3.05) is 0 Å². The largest absolute Gasteiger partial charge is 0.391 e. The number of aliphatic hydroxyl groups is 3. The van der Waals surface area contributed by atoms with Gasteiger partial charge in [-0.3, -0.25) is 0 Å². The highest BCUT2D eigenvalue weighted by Crippen LogP contribution is 2.11. The summed E-state index contributed by atoms with van der Waals surface area (Å²) in [6, 6.07) is 0. The SMILES string of the molecule is CC(=O)CCCCCC[C@@H](O)[C@H](O)[C@@H](C)O. The van der Waals surface area contributed by atoms with Gasteiger partial charge in [-0.1, -0.05) is 19.3 Å². The Kier molecular flexibility index (Phi) is 8.43. The fourth-order valence-electron chi connectivity index (χ4n) is 1.57. The molecule has 0 rings (SSSR count). The molecule has 0 heterocycles. The summed E-state index contributed by atoms with van der Waals surface area (Å²) in [5.41, 5.74) is 0. The van der Waals surface area contributed by atoms with Crippen LogP contribution in [-0.4, -0.2) is 39.4 Å². The molecule has 0 unspecified atom stereocenters. The van der Waals surface area contributed by atoms with Crippen LogP contribution in [0.4, 0.5) is 0 Å². The minimum atomic E-state index is -1.06. The molecule has 0 aromatic rings. The van der Waals surface area contributed by atoms with Crippen molar-refractivity contribution in [2.45, 2.75) is 70.7 Å². The molecule has 3 atom stereocenters. The van der Waals surface area contributed by atoms with Crippen LogP contribution in [0.15, 0.2) is 0 Å². The summed E-state index contributed by atoms with van der Waals surface area (Å²) in [4.78, 5) is 10.6. The van der Waals surface area contributed by atoms with Crippen molar-refractivity contribution in [1.82, 2.24) is 0 Å². The summed E-state index contributed by atoms with van der Waals surface area (Å²) in [6.07, 6.45) is 1.92. The summed E-state index contributed by atoms with van der Waals surface area (Å²) >= 11 is 0. The van der Waals surface area contributed by atoms with Crippen LogP contribution < -0.4 is 0 Å². The smallest absolute Gasteiger partial charge is 0.129 e. The Balaban J connectivity index is 3.41. The fourth-order valence-corrected chi connectivity index (χ4v) is 1.57. The van der Waals surface area contributed by atoms with Crippen LogP contribution in [0.5, 0.6) is 0 Å². The van der Waals surface area contributed by atoms with Crippen molar-refractivity contribution >= 4 is 5.78 Å². The lowest BCUT2D eigenvalue weighted by atomic mass is 10.0. The van der Waals surface area contributed by atoms with Gasteiger partial charge in [0.15, 0.2) is 0 Å². The molecule has 0 aromatic carbocycles. The van der Waals surface area contributed by atoms with E-state index in [0.717, 1.165) is 25.7 Å². The minimum Gasteiger partial charge on any atom is -0.391 e. The molecular weight excluding hydrogens is 208 g/mol. The topological polar surface area (TPSA) is 77.8 Å². The van der Waals surface area contributed by atoms with Crippen molar-refractivity contribution in [2.24, 2.45) is 0 Å². The van der Waals surface area contributed by atoms with Crippen molar-refractivity contribution in [3.8, 4) is 0 Å². The minimum absolute atomic E-state index is 0.213. The van der Waals surface area contributed by atoms with Gasteiger partial charge < -0.3 is 20.1 Å². The van der Waals surface area contributed by atoms with Gasteiger partial charge >= 0.3 is 0 Å². The molecule has 4 heteroatoms. The lowest BCUT2D eigenvalue weighted by Crippen LogP contribution is -2.35. The number of rotatable bonds is 9. The van der Waals surface area contributed by atoms with E-state index in [-0.39, 0.29) is 5.78 Å². The summed E-state index contributed by atoms with van der Waals surface area (Å²) in [5.74, 6) is 0.213. The van der Waals surface area contributed by atoms with E-state index in [1.54, 1.807) is 6.92 Å². The van der Waals surface area contributed by atoms with E-state index in [4.69, 9.17) is 5.11 Å². The maximum atomic E-state index is 10.6. The molecule has 3 N–H and O–H groups in total. The van der Waals surface area contributed by atoms with Gasteiger partial charge in [-0.05, 0) is 26.7 Å². The van der Waals surface area contributed by atoms with E-state index in [1.165, 1.54) is 6.92 Å². The van der Waals surface area contributed by atoms with Gasteiger partial charge in [0.05, 0.1) is 12.2 Å². The molecule has 0 aromatic heterocycles. The second kappa shape index (κ2) is 8.67. The second-order valence-electron chi connectivity index (χ2n) is 4.45. The molecule has 96 valence electrons. The molecule has 0 bridgehead atoms. The zero-order chi connectivity index (χ0) is 12.6. The standard InChI is InChI=1S/C12H24O4/c1-9(13)7-5-3-4-6-8-11(15)12(16)10(2)14/h10-12,14-16H,3-8H2,1-2H3/t10-,11-,12-/m1/s1. The van der Waals surface area contributed by atoms with E-state index in [2.05, 4.69) is 0 Å². The normalized spacial score (nSPS) is 16.8. The van der Waals surface area contributed by atoms with Crippen LogP contribution in [0.2, 0.25) is 0 Å². The van der Waals surface area contributed by atoms with Crippen molar-refractivity contribution in [1.29, 1.82) is 0 Å². The molecule has 0 radical (unpaired) electrons. The van der Waals surface area contributed by atoms with E-state index in [9.17, 15) is 15.0 Å². The Bertz CT molecular complexity index is 191. The van der Waals surface area contributed by atoms with Crippen molar-refractivity contribution in [3.05, 3.63) is 0 Å². The highest BCUT2D eigenvalue weighted by Gasteiger charge is 2.20. The molecule has 0 aliphatic rings. The number of Topliss-reactive ketones (excluding diaryl/α,β-unsaturated/α-hetero) is 1. The monoisotopic (exact) mass is 232 g/mol. The highest BCUT2D eigenvalue weighted by molar-refractivity contribution is 5.75. The van der Waals surface area contributed by atoms with E-state index in [1.807, 2.05) is 0 Å². The number of carbonyl (C=O) groups excluding carboxylic acids is 1. The third-order valence-electron chi connectivity index (χ3n) is 2.67. The Labute approximate surface area is 97.3 Å². The van der Waals surface area contributed by atoms with Crippen LogP contribution in [0, 0.1) is 0 Å². The predicted octanol–water partition coefficient (Wildman–Crippen LogP) is 1.02. The number of carbonyl (C=O) groups is 1. The first kappa shape index (κ1) is 15.6. The van der Waals surface area contributed by atoms with Gasteiger partial charge in [0, 0.05) is 6.42 Å². The number of aliphatic hydroxyl groups excluding tert-OH is 3. The first-order valence-electron chi connectivity index (χ1n) is 5.98. The molecule has 0 aliphatic carbocycles. The number of hydrogen-bond acceptors (Lipinski definition) is 4. The van der Waals surface area contributed by atoms with Gasteiger partial charge in [0.2, 0.25) is 0 Å². The van der Waals surface area contributed by atoms with E-state index < -0.39 is 18.3 Å². The van der Waals surface area contributed by atoms with Crippen molar-refractivity contribution < 1.29 is 20.1 Å². The molecule has 0 saturated carbocycles. The predicted molar refractivity (Wildman–Crippen MR) is 62.1 cm³/mol. The van der Waals surface area contributed by atoms with Crippen LogP contribution in [0.1, 0.15) is 52.4 Å². The number of unbranched alkanes of at least 4 members (excludes halogenated alkanes) is 3. The Hall–Kier alpha value is -0.450. The Morgan fingerprint density at radius 1 is 1.06 bits per heavy atom. The summed E-state index contributed by atoms with van der Waals surface area (Å²) in [6.45, 7) is 3.05. The summed E-state index contributed by atoms with van der Waals surface area (Å²) in [7, 11) is 0. The molecule has 16 heavy (non-hydrogen) atoms. The van der Waals surface area contributed by atoms with Crippen LogP contribution in [0.25, 0.3) is 0 Å². The summed E-state index contributed by atoms with van der Waals surface area (Å²) < 4.78 is 0. The van der Waals surface area contributed by atoms with E-state index >= 15 is 0 Å².